The molecule has 0 saturated heterocycles. The van der Waals surface area contributed by atoms with E-state index in [4.69, 9.17) is 11.5 Å². The first kappa shape index (κ1) is 22.3. The van der Waals surface area contributed by atoms with E-state index in [2.05, 4.69) is 68.2 Å². The summed E-state index contributed by atoms with van der Waals surface area (Å²) in [5, 5.41) is 12.1. The van der Waals surface area contributed by atoms with Crippen LogP contribution in [-0.4, -0.2) is 20.9 Å². The summed E-state index contributed by atoms with van der Waals surface area (Å²) in [4.78, 5) is 19.5. The van der Waals surface area contributed by atoms with Crippen molar-refractivity contribution in [2.24, 2.45) is 0 Å². The average Bonchev–Trinajstić information content (AvgIpc) is 2.76. The molecule has 0 atom stereocenters. The third kappa shape index (κ3) is 4.11. The molecule has 0 bridgehead atoms. The van der Waals surface area contributed by atoms with E-state index in [-0.39, 0.29) is 37.3 Å². The van der Waals surface area contributed by atoms with Crippen LogP contribution in [0.15, 0.2) is 60.6 Å². The van der Waals surface area contributed by atoms with Gasteiger partial charge in [-0.3, -0.25) is 9.78 Å². The van der Waals surface area contributed by atoms with Gasteiger partial charge in [0.25, 0.3) is 0 Å². The second kappa shape index (κ2) is 8.93. The van der Waals surface area contributed by atoms with E-state index < -0.39 is 5.78 Å². The van der Waals surface area contributed by atoms with Crippen LogP contribution < -0.4 is 0 Å². The van der Waals surface area contributed by atoms with Crippen molar-refractivity contribution in [2.75, 3.05) is 0 Å². The Morgan fingerprint density at radius 3 is 2.59 bits per heavy atom. The van der Waals surface area contributed by atoms with Gasteiger partial charge in [-0.25, -0.2) is 0 Å². The van der Waals surface area contributed by atoms with Gasteiger partial charge in [0.2, 0.25) is 0 Å². The number of rotatable bonds is 1. The van der Waals surface area contributed by atoms with Crippen LogP contribution >= 0.6 is 0 Å². The fourth-order valence-corrected chi connectivity index (χ4v) is 4.39. The number of aliphatic hydroxyl groups excluding tert-OH is 1. The zero-order valence-electron chi connectivity index (χ0n) is 19.7. The van der Waals surface area contributed by atoms with Crippen LogP contribution in [0.25, 0.3) is 32.9 Å². The van der Waals surface area contributed by atoms with Crippen molar-refractivity contribution in [3.8, 4) is 11.3 Å². The van der Waals surface area contributed by atoms with Crippen LogP contribution in [-0.2, 0) is 30.3 Å². The Kier molecular flexibility index (Phi) is 6.23. The van der Waals surface area contributed by atoms with Crippen molar-refractivity contribution in [3.05, 3.63) is 83.4 Å². The number of pyridine rings is 2. The van der Waals surface area contributed by atoms with Crippen LogP contribution in [0.2, 0.25) is 0 Å². The minimum atomic E-state index is -0.412. The monoisotopic (exact) mass is 603 g/mol. The first-order chi connectivity index (χ1) is 15.1. The Morgan fingerprint density at radius 1 is 1.19 bits per heavy atom. The largest absolute Gasteiger partial charge is 0.512 e. The first-order valence-corrected chi connectivity index (χ1v) is 10.2. The van der Waals surface area contributed by atoms with E-state index in [0.717, 1.165) is 16.8 Å². The second-order valence-corrected chi connectivity index (χ2v) is 8.44. The van der Waals surface area contributed by atoms with Crippen molar-refractivity contribution < 1.29 is 31.4 Å². The van der Waals surface area contributed by atoms with Crippen LogP contribution in [0.3, 0.4) is 0 Å². The molecule has 0 aliphatic heterocycles. The van der Waals surface area contributed by atoms with Gasteiger partial charge < -0.3 is 10.1 Å². The molecule has 0 fully saturated rings. The molecule has 1 aliphatic carbocycles. The van der Waals surface area contributed by atoms with Crippen molar-refractivity contribution >= 4 is 27.5 Å². The molecule has 0 spiro atoms. The van der Waals surface area contributed by atoms with E-state index >= 15 is 0 Å². The first-order valence-electron chi connectivity index (χ1n) is 10.7. The predicted octanol–water partition coefficient (Wildman–Crippen LogP) is 6.23. The van der Waals surface area contributed by atoms with Crippen LogP contribution in [0.4, 0.5) is 0 Å². The summed E-state index contributed by atoms with van der Waals surface area (Å²) in [6, 6.07) is 16.0. The number of aromatic nitrogens is 2. The van der Waals surface area contributed by atoms with Gasteiger partial charge in [-0.05, 0) is 54.9 Å². The van der Waals surface area contributed by atoms with Gasteiger partial charge >= 0.3 is 0 Å². The molecular weight excluding hydrogens is 577 g/mol. The number of aliphatic hydroxyl groups is 1. The summed E-state index contributed by atoms with van der Waals surface area (Å²) >= 11 is 0. The Hall–Kier alpha value is -2.88. The molecule has 4 nitrogen and oxygen atoms in total. The minimum Gasteiger partial charge on any atom is -0.512 e. The summed E-state index contributed by atoms with van der Waals surface area (Å²) in [6.45, 7) is 9.28. The molecule has 1 N–H and O–H groups in total. The van der Waals surface area contributed by atoms with Crippen LogP contribution in [0, 0.1) is 13.0 Å². The Morgan fingerprint density at radius 2 is 1.94 bits per heavy atom. The summed E-state index contributed by atoms with van der Waals surface area (Å²) < 4.78 is 6.76. The maximum Gasteiger partial charge on any atom is 0.155 e. The third-order valence-corrected chi connectivity index (χ3v) is 5.64. The molecule has 2 heterocycles. The fraction of sp³-hybridized carbons (Fsp3) is 0.222. The summed E-state index contributed by atoms with van der Waals surface area (Å²) in [5.74, 6) is -0.637. The third-order valence-electron chi connectivity index (χ3n) is 5.64. The molecule has 0 amide bonds. The van der Waals surface area contributed by atoms with Crippen LogP contribution in [0.1, 0.15) is 45.8 Å². The number of benzene rings is 2. The molecule has 32 heavy (non-hydrogen) atoms. The van der Waals surface area contributed by atoms with E-state index in [1.165, 1.54) is 46.7 Å². The summed E-state index contributed by atoms with van der Waals surface area (Å²) in [6.07, 6.45) is 3.75. The number of hydrogen-bond acceptors (Lipinski definition) is 4. The fourth-order valence-electron chi connectivity index (χ4n) is 4.39. The molecular formula is C27H25IrN2O2-. The molecule has 2 aromatic carbocycles. The molecule has 1 radical (unpaired) electrons. The molecule has 2 aromatic heterocycles. The number of fused-ring (bicyclic) bond motifs is 4. The molecule has 4 aromatic rings. The molecule has 5 rings (SSSR count). The van der Waals surface area contributed by atoms with Crippen molar-refractivity contribution in [2.45, 2.75) is 40.0 Å². The zero-order valence-corrected chi connectivity index (χ0v) is 21.1. The van der Waals surface area contributed by atoms with Gasteiger partial charge in [0, 0.05) is 37.9 Å². The zero-order chi connectivity index (χ0) is 23.2. The number of carbonyl (C=O) groups excluding carboxylic acids is 1. The molecule has 0 saturated carbocycles. The molecule has 1 aliphatic rings. The Balaban J connectivity index is 0.000000297. The number of hydrogen-bond donors (Lipinski definition) is 1. The number of nitrogens with zero attached hydrogens (tertiary/aromatic N) is 2. The minimum absolute atomic E-state index is 0. The van der Waals surface area contributed by atoms with Crippen molar-refractivity contribution in [1.82, 2.24) is 9.97 Å². The van der Waals surface area contributed by atoms with E-state index in [0.29, 0.717) is 0 Å². The topological polar surface area (TPSA) is 63.1 Å². The molecule has 165 valence electrons. The number of carbonyl (C=O) groups is 1. The standard InChI is InChI=1S/C22H17N2.C5H8O2.Ir/c1-13-7-8-14-12-24-21-15-9-10-23-18-6-4-5-17(19(15)18)22(2,3)20(21)16(14)11-13;1-4(6)3-5(2)7;/h4-8,10-12H,1-3H3;3,6H,1-2H3;/q-1;;/b;4-3-;/i;3D;. The van der Waals surface area contributed by atoms with E-state index in [9.17, 15) is 4.79 Å². The maximum atomic E-state index is 10.2. The van der Waals surface area contributed by atoms with Crippen LogP contribution in [0.5, 0.6) is 0 Å². The Bertz CT molecular complexity index is 1420. The number of aryl methyl sites for hydroxylation is 1. The van der Waals surface area contributed by atoms with Gasteiger partial charge in [0.05, 0.1) is 7.13 Å². The normalized spacial score (nSPS) is 14.3. The van der Waals surface area contributed by atoms with Crippen molar-refractivity contribution in [1.29, 1.82) is 0 Å². The van der Waals surface area contributed by atoms with Gasteiger partial charge in [-0.1, -0.05) is 66.3 Å². The van der Waals surface area contributed by atoms with Gasteiger partial charge in [0.1, 0.15) is 0 Å². The summed E-state index contributed by atoms with van der Waals surface area (Å²) in [7, 11) is 0. The average molecular weight is 603 g/mol. The SMILES string of the molecule is Cc1ccc2cnc3c(c2c1)C(C)(C)c1cccc2nc[c-]c-3c12.[2H]/C(C(C)=O)=C(\C)O.[Ir]. The number of ketones is 1. The number of allylic oxidation sites excluding steroid dienone is 2. The predicted molar refractivity (Wildman–Crippen MR) is 125 cm³/mol. The second-order valence-electron chi connectivity index (χ2n) is 8.44. The molecule has 0 unspecified atom stereocenters. The summed E-state index contributed by atoms with van der Waals surface area (Å²) in [5.41, 5.74) is 6.89. The van der Waals surface area contributed by atoms with E-state index in [1.807, 2.05) is 6.20 Å². The van der Waals surface area contributed by atoms with Crippen molar-refractivity contribution in [3.63, 3.8) is 0 Å². The van der Waals surface area contributed by atoms with Gasteiger partial charge in [-0.15, -0.1) is 0 Å². The Labute approximate surface area is 203 Å². The van der Waals surface area contributed by atoms with Gasteiger partial charge in [-0.2, -0.15) is 11.6 Å². The maximum absolute atomic E-state index is 10.2. The van der Waals surface area contributed by atoms with E-state index in [1.54, 1.807) is 6.20 Å². The van der Waals surface area contributed by atoms with Gasteiger partial charge in [0.15, 0.2) is 5.78 Å². The molecule has 5 heteroatoms. The smallest absolute Gasteiger partial charge is 0.155 e. The quantitative estimate of drug-likeness (QED) is 0.159.